The fourth-order valence-electron chi connectivity index (χ4n) is 2.90. The Labute approximate surface area is 169 Å². The average molecular weight is 418 g/mol. The molecule has 1 aliphatic rings. The van der Waals surface area contributed by atoms with Crippen molar-refractivity contribution < 1.29 is 33.1 Å². The summed E-state index contributed by atoms with van der Waals surface area (Å²) in [5, 5.41) is 13.7. The van der Waals surface area contributed by atoms with E-state index in [2.05, 4.69) is 5.32 Å². The van der Waals surface area contributed by atoms with Gasteiger partial charge in [-0.1, -0.05) is 0 Å². The van der Waals surface area contributed by atoms with Gasteiger partial charge in [-0.15, -0.1) is 0 Å². The van der Waals surface area contributed by atoms with Crippen LogP contribution in [0.15, 0.2) is 27.4 Å². The highest BCUT2D eigenvalue weighted by Gasteiger charge is 2.24. The summed E-state index contributed by atoms with van der Waals surface area (Å²) >= 11 is 0. The predicted octanol–water partition coefficient (Wildman–Crippen LogP) is 2.12. The van der Waals surface area contributed by atoms with Crippen LogP contribution in [0.2, 0.25) is 0 Å². The molecule has 0 fully saturated rings. The van der Waals surface area contributed by atoms with Gasteiger partial charge in [0.25, 0.3) is 11.6 Å². The number of rotatable bonds is 5. The number of carbonyl (C=O) groups excluding carboxylic acids is 2. The van der Waals surface area contributed by atoms with Gasteiger partial charge in [-0.05, 0) is 19.4 Å². The molecule has 11 heteroatoms. The second-order valence-corrected chi connectivity index (χ2v) is 6.43. The van der Waals surface area contributed by atoms with Crippen LogP contribution in [0, 0.1) is 24.0 Å². The van der Waals surface area contributed by atoms with Crippen LogP contribution in [0.4, 0.5) is 11.4 Å². The van der Waals surface area contributed by atoms with Crippen LogP contribution in [0.5, 0.6) is 11.5 Å². The zero-order valence-electron chi connectivity index (χ0n) is 16.2. The van der Waals surface area contributed by atoms with Crippen molar-refractivity contribution in [2.45, 2.75) is 20.3 Å². The molecule has 1 aliphatic heterocycles. The predicted molar refractivity (Wildman–Crippen MR) is 102 cm³/mol. The molecule has 0 aliphatic carbocycles. The lowest BCUT2D eigenvalue weighted by Gasteiger charge is -2.12. The largest absolute Gasteiger partial charge is 0.489 e. The second kappa shape index (κ2) is 8.64. The van der Waals surface area contributed by atoms with Gasteiger partial charge in [0.2, 0.25) is 0 Å². The quantitative estimate of drug-likeness (QED) is 0.438. The average Bonchev–Trinajstić information content (AvgIpc) is 2.89. The molecule has 1 N–H and O–H groups in total. The topological polar surface area (TPSA) is 147 Å². The minimum atomic E-state index is -0.864. The van der Waals surface area contributed by atoms with Gasteiger partial charge in [-0.2, -0.15) is 0 Å². The number of aryl methyl sites for hydroxylation is 2. The molecule has 0 saturated heterocycles. The normalized spacial score (nSPS) is 12.6. The van der Waals surface area contributed by atoms with Crippen molar-refractivity contribution in [1.82, 2.24) is 0 Å². The first-order chi connectivity index (χ1) is 14.3. The van der Waals surface area contributed by atoms with E-state index >= 15 is 0 Å². The van der Waals surface area contributed by atoms with Crippen molar-refractivity contribution in [3.05, 3.63) is 55.6 Å². The van der Waals surface area contributed by atoms with Gasteiger partial charge in [0.15, 0.2) is 18.1 Å². The highest BCUT2D eigenvalue weighted by Crippen LogP contribution is 2.39. The van der Waals surface area contributed by atoms with Crippen molar-refractivity contribution >= 4 is 23.3 Å². The van der Waals surface area contributed by atoms with Gasteiger partial charge >= 0.3 is 11.6 Å². The number of esters is 1. The molecule has 0 unspecified atom stereocenters. The van der Waals surface area contributed by atoms with Crippen molar-refractivity contribution in [3.63, 3.8) is 0 Å². The van der Waals surface area contributed by atoms with Crippen LogP contribution < -0.4 is 20.4 Å². The van der Waals surface area contributed by atoms with E-state index < -0.39 is 34.7 Å². The van der Waals surface area contributed by atoms with E-state index in [1.54, 1.807) is 0 Å². The number of anilines is 1. The molecule has 3 rings (SSSR count). The van der Waals surface area contributed by atoms with Crippen LogP contribution in [-0.4, -0.2) is 36.6 Å². The monoisotopic (exact) mass is 418 g/mol. The van der Waals surface area contributed by atoms with Crippen LogP contribution in [0.1, 0.15) is 28.1 Å². The van der Waals surface area contributed by atoms with Gasteiger partial charge in [0.1, 0.15) is 17.0 Å². The van der Waals surface area contributed by atoms with E-state index in [0.717, 1.165) is 6.07 Å². The van der Waals surface area contributed by atoms with E-state index in [4.69, 9.17) is 18.6 Å². The first-order valence-electron chi connectivity index (χ1n) is 8.92. The number of fused-ring (bicyclic) bond motifs is 1. The van der Waals surface area contributed by atoms with Gasteiger partial charge in [-0.25, -0.2) is 9.59 Å². The summed E-state index contributed by atoms with van der Waals surface area (Å²) in [6.45, 7) is 2.96. The second-order valence-electron chi connectivity index (χ2n) is 6.43. The lowest BCUT2D eigenvalue weighted by molar-refractivity contribution is -0.384. The van der Waals surface area contributed by atoms with E-state index in [-0.39, 0.29) is 28.5 Å². The standard InChI is InChI=1S/C19H18N2O9/c1-10-6-17(23)30-11(2)18(10)19(24)29-9-16(22)20-12-7-14-15(8-13(12)21(25)26)28-5-3-4-27-14/h6-8H,3-5,9H2,1-2H3,(H,20,22). The van der Waals surface area contributed by atoms with E-state index in [9.17, 15) is 24.5 Å². The SMILES string of the molecule is Cc1cc(=O)oc(C)c1C(=O)OCC(=O)Nc1cc2c(cc1[N+](=O)[O-])OCCCO2. The van der Waals surface area contributed by atoms with Crippen molar-refractivity contribution in [2.75, 3.05) is 25.1 Å². The van der Waals surface area contributed by atoms with Crippen molar-refractivity contribution in [2.24, 2.45) is 0 Å². The Morgan fingerprint density at radius 1 is 1.17 bits per heavy atom. The zero-order valence-corrected chi connectivity index (χ0v) is 16.2. The third-order valence-electron chi connectivity index (χ3n) is 4.21. The Morgan fingerprint density at radius 2 is 1.83 bits per heavy atom. The maximum absolute atomic E-state index is 12.3. The lowest BCUT2D eigenvalue weighted by atomic mass is 10.1. The fourth-order valence-corrected chi connectivity index (χ4v) is 2.90. The molecule has 0 spiro atoms. The van der Waals surface area contributed by atoms with Crippen LogP contribution in [0.25, 0.3) is 0 Å². The molecule has 158 valence electrons. The Hall–Kier alpha value is -3.89. The number of ether oxygens (including phenoxy) is 3. The summed E-state index contributed by atoms with van der Waals surface area (Å²) in [4.78, 5) is 46.5. The van der Waals surface area contributed by atoms with Crippen LogP contribution in [-0.2, 0) is 9.53 Å². The number of hydrogen-bond acceptors (Lipinski definition) is 9. The number of nitrogens with one attached hydrogen (secondary N) is 1. The Kier molecular flexibility index (Phi) is 6.00. The molecule has 0 bridgehead atoms. The van der Waals surface area contributed by atoms with E-state index in [0.29, 0.717) is 25.2 Å². The minimum Gasteiger partial charge on any atom is -0.489 e. The fraction of sp³-hybridized carbons (Fsp3) is 0.316. The Balaban J connectivity index is 1.73. The first kappa shape index (κ1) is 20.8. The van der Waals surface area contributed by atoms with Crippen LogP contribution >= 0.6 is 0 Å². The third-order valence-corrected chi connectivity index (χ3v) is 4.21. The number of nitrogens with zero attached hydrogens (tertiary/aromatic N) is 1. The van der Waals surface area contributed by atoms with E-state index in [1.807, 2.05) is 0 Å². The maximum atomic E-state index is 12.3. The smallest absolute Gasteiger partial charge is 0.342 e. The Bertz CT molecular complexity index is 1050. The molecule has 0 radical (unpaired) electrons. The summed E-state index contributed by atoms with van der Waals surface area (Å²) < 4.78 is 20.7. The molecular weight excluding hydrogens is 400 g/mol. The summed E-state index contributed by atoms with van der Waals surface area (Å²) in [6.07, 6.45) is 0.610. The van der Waals surface area contributed by atoms with Gasteiger partial charge in [0.05, 0.1) is 24.2 Å². The highest BCUT2D eigenvalue weighted by molar-refractivity contribution is 5.97. The molecule has 1 aromatic heterocycles. The molecule has 11 nitrogen and oxygen atoms in total. The number of hydrogen-bond donors (Lipinski definition) is 1. The van der Waals surface area contributed by atoms with Gasteiger partial charge in [0, 0.05) is 18.6 Å². The molecule has 2 aromatic rings. The van der Waals surface area contributed by atoms with Crippen molar-refractivity contribution in [3.8, 4) is 11.5 Å². The van der Waals surface area contributed by atoms with Gasteiger partial charge in [-0.3, -0.25) is 14.9 Å². The van der Waals surface area contributed by atoms with Gasteiger partial charge < -0.3 is 23.9 Å². The summed E-state index contributed by atoms with van der Waals surface area (Å²) in [5.41, 5.74) is -0.753. The number of amides is 1. The van der Waals surface area contributed by atoms with E-state index in [1.165, 1.54) is 26.0 Å². The molecule has 0 saturated carbocycles. The first-order valence-corrected chi connectivity index (χ1v) is 8.92. The molecular formula is C19H18N2O9. The maximum Gasteiger partial charge on any atom is 0.342 e. The zero-order chi connectivity index (χ0) is 21.8. The number of nitro benzene ring substituents is 1. The molecule has 1 aromatic carbocycles. The summed E-state index contributed by atoms with van der Waals surface area (Å²) in [7, 11) is 0. The van der Waals surface area contributed by atoms with Crippen LogP contribution in [0.3, 0.4) is 0 Å². The van der Waals surface area contributed by atoms with Crippen molar-refractivity contribution in [1.29, 1.82) is 0 Å². The molecule has 30 heavy (non-hydrogen) atoms. The number of benzene rings is 1. The summed E-state index contributed by atoms with van der Waals surface area (Å²) in [5.74, 6) is -1.13. The molecule has 1 amide bonds. The summed E-state index contributed by atoms with van der Waals surface area (Å²) in [6, 6.07) is 3.59. The highest BCUT2D eigenvalue weighted by atomic mass is 16.6. The molecule has 2 heterocycles. The number of carbonyl (C=O) groups is 2. The lowest BCUT2D eigenvalue weighted by Crippen LogP contribution is -2.22. The molecule has 0 atom stereocenters. The third kappa shape index (κ3) is 4.57. The number of nitro groups is 1. The Morgan fingerprint density at radius 3 is 2.47 bits per heavy atom. The minimum absolute atomic E-state index is 0.0314.